The van der Waals surface area contributed by atoms with Gasteiger partial charge in [0.1, 0.15) is 5.82 Å². The smallest absolute Gasteiger partial charge is 0.316 e. The zero-order chi connectivity index (χ0) is 19.6. The number of hydrogen-bond acceptors (Lipinski definition) is 5. The molecule has 0 aliphatic heterocycles. The summed E-state index contributed by atoms with van der Waals surface area (Å²) in [6, 6.07) is 5.58. The van der Waals surface area contributed by atoms with Crippen molar-refractivity contribution in [2.24, 2.45) is 0 Å². The average molecular weight is 396 g/mol. The zero-order valence-electron chi connectivity index (χ0n) is 15.4. The van der Waals surface area contributed by atoms with Gasteiger partial charge in [-0.15, -0.1) is 11.8 Å². The quantitative estimate of drug-likeness (QED) is 0.684. The summed E-state index contributed by atoms with van der Waals surface area (Å²) in [4.78, 5) is 37.4. The highest BCUT2D eigenvalue weighted by Crippen LogP contribution is 2.22. The number of amides is 2. The van der Waals surface area contributed by atoms with Gasteiger partial charge in [0.2, 0.25) is 5.91 Å². The fourth-order valence-electron chi connectivity index (χ4n) is 2.91. The van der Waals surface area contributed by atoms with Crippen LogP contribution in [-0.2, 0) is 19.1 Å². The Morgan fingerprint density at radius 2 is 1.81 bits per heavy atom. The molecule has 0 bridgehead atoms. The first-order valence-electron chi connectivity index (χ1n) is 9.00. The largest absolute Gasteiger partial charge is 0.455 e. The van der Waals surface area contributed by atoms with Crippen LogP contribution >= 0.6 is 11.8 Å². The van der Waals surface area contributed by atoms with Crippen LogP contribution in [0.15, 0.2) is 24.3 Å². The Labute approximate surface area is 162 Å². The van der Waals surface area contributed by atoms with Gasteiger partial charge in [0.25, 0.3) is 5.91 Å². The number of hydrogen-bond donors (Lipinski definition) is 1. The van der Waals surface area contributed by atoms with Crippen LogP contribution in [0.25, 0.3) is 0 Å². The van der Waals surface area contributed by atoms with E-state index < -0.39 is 24.3 Å². The van der Waals surface area contributed by atoms with Crippen LogP contribution in [0.5, 0.6) is 0 Å². The van der Waals surface area contributed by atoms with Crippen LogP contribution in [0.2, 0.25) is 0 Å². The molecule has 1 aliphatic carbocycles. The van der Waals surface area contributed by atoms with Crippen LogP contribution in [0.3, 0.4) is 0 Å². The molecule has 148 valence electrons. The molecule has 0 aromatic heterocycles. The number of carbonyl (C=O) groups is 3. The summed E-state index contributed by atoms with van der Waals surface area (Å²) in [5.74, 6) is -1.23. The minimum atomic E-state index is -0.553. The number of anilines is 1. The van der Waals surface area contributed by atoms with E-state index in [0.717, 1.165) is 25.7 Å². The lowest BCUT2D eigenvalue weighted by molar-refractivity contribution is -0.144. The molecule has 0 heterocycles. The SMILES string of the molecule is CN(C(=O)CSCC(=O)OCC(=O)Nc1ccc(F)cc1)C1CCCCC1. The minimum Gasteiger partial charge on any atom is -0.455 e. The number of benzene rings is 1. The highest BCUT2D eigenvalue weighted by Gasteiger charge is 2.22. The van der Waals surface area contributed by atoms with Crippen molar-refractivity contribution in [2.75, 3.05) is 30.5 Å². The topological polar surface area (TPSA) is 75.7 Å². The zero-order valence-corrected chi connectivity index (χ0v) is 16.2. The van der Waals surface area contributed by atoms with Gasteiger partial charge in [0.05, 0.1) is 11.5 Å². The molecule has 1 fully saturated rings. The van der Waals surface area contributed by atoms with Gasteiger partial charge in [0, 0.05) is 18.8 Å². The van der Waals surface area contributed by atoms with Gasteiger partial charge in [-0.3, -0.25) is 14.4 Å². The number of nitrogens with one attached hydrogen (secondary N) is 1. The third-order valence-electron chi connectivity index (χ3n) is 4.45. The second-order valence-corrected chi connectivity index (χ2v) is 7.49. The van der Waals surface area contributed by atoms with Crippen molar-refractivity contribution < 1.29 is 23.5 Å². The van der Waals surface area contributed by atoms with Crippen LogP contribution in [0.1, 0.15) is 32.1 Å². The van der Waals surface area contributed by atoms with E-state index in [1.165, 1.54) is 42.4 Å². The molecule has 1 aromatic carbocycles. The average Bonchev–Trinajstić information content (AvgIpc) is 2.68. The molecule has 0 saturated heterocycles. The number of nitrogens with zero attached hydrogens (tertiary/aromatic N) is 1. The minimum absolute atomic E-state index is 0.00801. The Morgan fingerprint density at radius 3 is 2.48 bits per heavy atom. The number of thioether (sulfide) groups is 1. The van der Waals surface area contributed by atoms with E-state index >= 15 is 0 Å². The number of carbonyl (C=O) groups excluding carboxylic acids is 3. The van der Waals surface area contributed by atoms with Crippen molar-refractivity contribution >= 4 is 35.2 Å². The molecule has 6 nitrogen and oxygen atoms in total. The molecule has 0 atom stereocenters. The van der Waals surface area contributed by atoms with Gasteiger partial charge in [0.15, 0.2) is 6.61 Å². The van der Waals surface area contributed by atoms with E-state index in [0.29, 0.717) is 11.7 Å². The van der Waals surface area contributed by atoms with Crippen LogP contribution in [0, 0.1) is 5.82 Å². The molecule has 1 aromatic rings. The van der Waals surface area contributed by atoms with E-state index in [-0.39, 0.29) is 17.4 Å². The Morgan fingerprint density at radius 1 is 1.15 bits per heavy atom. The summed E-state index contributed by atoms with van der Waals surface area (Å²) in [6.45, 7) is -0.424. The normalized spacial score (nSPS) is 14.4. The van der Waals surface area contributed by atoms with Gasteiger partial charge >= 0.3 is 5.97 Å². The number of halogens is 1. The summed E-state index contributed by atoms with van der Waals surface area (Å²) in [6.07, 6.45) is 5.62. The fourth-order valence-corrected chi connectivity index (χ4v) is 3.64. The Balaban J connectivity index is 1.60. The van der Waals surface area contributed by atoms with E-state index in [4.69, 9.17) is 4.74 Å². The van der Waals surface area contributed by atoms with Crippen molar-refractivity contribution in [2.45, 2.75) is 38.1 Å². The first-order chi connectivity index (χ1) is 13.0. The third kappa shape index (κ3) is 7.58. The molecule has 2 rings (SSSR count). The second-order valence-electron chi connectivity index (χ2n) is 6.51. The molecule has 1 N–H and O–H groups in total. The molecule has 1 aliphatic rings. The van der Waals surface area contributed by atoms with Gasteiger partial charge in [-0.2, -0.15) is 0 Å². The number of ether oxygens (including phenoxy) is 1. The lowest BCUT2D eigenvalue weighted by Gasteiger charge is -2.31. The highest BCUT2D eigenvalue weighted by molar-refractivity contribution is 8.00. The van der Waals surface area contributed by atoms with Gasteiger partial charge in [-0.05, 0) is 37.1 Å². The Bertz CT molecular complexity index is 648. The van der Waals surface area contributed by atoms with Crippen molar-refractivity contribution in [3.05, 3.63) is 30.1 Å². The van der Waals surface area contributed by atoms with Crippen LogP contribution < -0.4 is 5.32 Å². The third-order valence-corrected chi connectivity index (χ3v) is 5.34. The van der Waals surface area contributed by atoms with E-state index in [9.17, 15) is 18.8 Å². The van der Waals surface area contributed by atoms with Crippen molar-refractivity contribution in [3.63, 3.8) is 0 Å². The first kappa shape index (κ1) is 21.2. The molecule has 2 amide bonds. The molecular weight excluding hydrogens is 371 g/mol. The second kappa shape index (κ2) is 10.9. The molecule has 0 unspecified atom stereocenters. The van der Waals surface area contributed by atoms with Gasteiger partial charge in [-0.25, -0.2) is 4.39 Å². The first-order valence-corrected chi connectivity index (χ1v) is 10.2. The molecule has 0 radical (unpaired) electrons. The summed E-state index contributed by atoms with van der Waals surface area (Å²) >= 11 is 1.18. The Hall–Kier alpha value is -2.09. The van der Waals surface area contributed by atoms with E-state index in [2.05, 4.69) is 5.32 Å². The number of esters is 1. The molecule has 27 heavy (non-hydrogen) atoms. The lowest BCUT2D eigenvalue weighted by Crippen LogP contribution is -2.39. The monoisotopic (exact) mass is 396 g/mol. The molecular formula is C19H25FN2O4S. The maximum Gasteiger partial charge on any atom is 0.316 e. The predicted octanol–water partition coefficient (Wildman–Crippen LogP) is 2.83. The number of rotatable bonds is 8. The molecule has 1 saturated carbocycles. The predicted molar refractivity (Wildman–Crippen MR) is 103 cm³/mol. The van der Waals surface area contributed by atoms with E-state index in [1.54, 1.807) is 4.90 Å². The Kier molecular flexibility index (Phi) is 8.57. The van der Waals surface area contributed by atoms with Gasteiger partial charge in [-0.1, -0.05) is 19.3 Å². The molecule has 8 heteroatoms. The van der Waals surface area contributed by atoms with Gasteiger partial charge < -0.3 is 15.0 Å². The maximum absolute atomic E-state index is 12.8. The summed E-state index contributed by atoms with van der Waals surface area (Å²) in [5, 5.41) is 2.50. The van der Waals surface area contributed by atoms with Crippen molar-refractivity contribution in [3.8, 4) is 0 Å². The summed E-state index contributed by atoms with van der Waals surface area (Å²) < 4.78 is 17.7. The van der Waals surface area contributed by atoms with E-state index in [1.807, 2.05) is 7.05 Å². The lowest BCUT2D eigenvalue weighted by atomic mass is 9.94. The maximum atomic E-state index is 12.8. The van der Waals surface area contributed by atoms with Crippen LogP contribution in [0.4, 0.5) is 10.1 Å². The standard InChI is InChI=1S/C19H25FN2O4S/c1-22(16-5-3-2-4-6-16)18(24)12-27-13-19(25)26-11-17(23)21-15-9-7-14(20)8-10-15/h7-10,16H,2-6,11-13H2,1H3,(H,21,23). The van der Waals surface area contributed by atoms with Crippen LogP contribution in [-0.4, -0.2) is 53.9 Å². The van der Waals surface area contributed by atoms with Crippen molar-refractivity contribution in [1.29, 1.82) is 0 Å². The summed E-state index contributed by atoms with van der Waals surface area (Å²) in [7, 11) is 1.82. The summed E-state index contributed by atoms with van der Waals surface area (Å²) in [5.41, 5.74) is 0.420. The van der Waals surface area contributed by atoms with Crippen molar-refractivity contribution in [1.82, 2.24) is 4.90 Å². The highest BCUT2D eigenvalue weighted by atomic mass is 32.2. The fraction of sp³-hybridized carbons (Fsp3) is 0.526. The molecule has 0 spiro atoms.